The Morgan fingerprint density at radius 2 is 1.05 bits per heavy atom. The van der Waals surface area contributed by atoms with Crippen LogP contribution in [0.3, 0.4) is 0 Å². The topological polar surface area (TPSA) is 0 Å². The van der Waals surface area contributed by atoms with Crippen molar-refractivity contribution in [2.45, 2.75) is 56.4 Å². The molecule has 0 aromatic heterocycles. The highest BCUT2D eigenvalue weighted by atomic mass is 13.9. The predicted molar refractivity (Wildman–Crippen MR) is 96.7 cm³/mol. The molecule has 0 aliphatic heterocycles. The van der Waals surface area contributed by atoms with E-state index in [2.05, 4.69) is 76.2 Å². The van der Waals surface area contributed by atoms with Gasteiger partial charge in [0.25, 0.3) is 0 Å². The molecule has 2 aromatic rings. The molecular formula is C20H34. The zero-order valence-corrected chi connectivity index (χ0v) is 11.3. The Labute approximate surface area is 127 Å². The lowest BCUT2D eigenvalue weighted by Gasteiger charge is -1.95. The Hall–Kier alpha value is -1.56. The zero-order valence-electron chi connectivity index (χ0n) is 11.3. The van der Waals surface area contributed by atoms with Gasteiger partial charge in [-0.3, -0.25) is 0 Å². The van der Waals surface area contributed by atoms with Gasteiger partial charge in [-0.2, -0.15) is 0 Å². The molecule has 0 heterocycles. The van der Waals surface area contributed by atoms with E-state index in [1.54, 1.807) is 0 Å². The van der Waals surface area contributed by atoms with Gasteiger partial charge in [0.05, 0.1) is 0 Å². The average Bonchev–Trinajstić information content (AvgIpc) is 2.29. The maximum Gasteiger partial charge on any atom is -0.0307 e. The van der Waals surface area contributed by atoms with Gasteiger partial charge < -0.3 is 0 Å². The molecule has 0 spiro atoms. The van der Waals surface area contributed by atoms with E-state index in [0.29, 0.717) is 0 Å². The summed E-state index contributed by atoms with van der Waals surface area (Å²) in [5.41, 5.74) is 5.46. The molecule has 0 bridgehead atoms. The molecule has 114 valence electrons. The monoisotopic (exact) mass is 274 g/mol. The third kappa shape index (κ3) is 9.38. The first kappa shape index (κ1) is 23.5. The molecule has 0 amide bonds. The van der Waals surface area contributed by atoms with Crippen molar-refractivity contribution in [3.63, 3.8) is 0 Å². The first-order valence-electron chi connectivity index (χ1n) is 6.20. The number of rotatable bonds is 1. The summed E-state index contributed by atoms with van der Waals surface area (Å²) in [5.74, 6) is 0. The minimum absolute atomic E-state index is 0. The first-order valence-corrected chi connectivity index (χ1v) is 6.20. The SMILES string of the molecule is C.C.C.CCc1cccc(C)c1.Cc1cccc(C)c1. The smallest absolute Gasteiger partial charge is 0.0307 e. The Kier molecular flexibility index (Phi) is 14.7. The fourth-order valence-corrected chi connectivity index (χ4v) is 1.74. The summed E-state index contributed by atoms with van der Waals surface area (Å²) in [7, 11) is 0. The Morgan fingerprint density at radius 1 is 0.650 bits per heavy atom. The minimum atomic E-state index is 0. The largest absolute Gasteiger partial charge is 0.0776 e. The lowest BCUT2D eigenvalue weighted by Crippen LogP contribution is -1.78. The molecule has 0 atom stereocenters. The minimum Gasteiger partial charge on any atom is -0.0776 e. The highest BCUT2D eigenvalue weighted by molar-refractivity contribution is 5.22. The van der Waals surface area contributed by atoms with Gasteiger partial charge in [-0.15, -0.1) is 0 Å². The highest BCUT2D eigenvalue weighted by Crippen LogP contribution is 2.03. The van der Waals surface area contributed by atoms with E-state index in [-0.39, 0.29) is 22.3 Å². The van der Waals surface area contributed by atoms with E-state index in [0.717, 1.165) is 6.42 Å². The second kappa shape index (κ2) is 12.5. The summed E-state index contributed by atoms with van der Waals surface area (Å²) in [6, 6.07) is 17.1. The molecule has 0 N–H and O–H groups in total. The lowest BCUT2D eigenvalue weighted by atomic mass is 10.1. The van der Waals surface area contributed by atoms with Crippen LogP contribution in [0, 0.1) is 20.8 Å². The summed E-state index contributed by atoms with van der Waals surface area (Å²) in [4.78, 5) is 0. The van der Waals surface area contributed by atoms with E-state index in [1.165, 1.54) is 22.3 Å². The van der Waals surface area contributed by atoms with E-state index in [9.17, 15) is 0 Å². The Balaban J connectivity index is -0.000000252. The normalized spacial score (nSPS) is 8.00. The molecule has 0 radical (unpaired) electrons. The van der Waals surface area contributed by atoms with Crippen LogP contribution >= 0.6 is 0 Å². The van der Waals surface area contributed by atoms with Crippen molar-refractivity contribution >= 4 is 0 Å². The fraction of sp³-hybridized carbons (Fsp3) is 0.400. The summed E-state index contributed by atoms with van der Waals surface area (Å²) in [5, 5.41) is 0. The molecule has 0 aliphatic carbocycles. The molecule has 2 rings (SSSR count). The molecule has 0 fully saturated rings. The second-order valence-electron chi connectivity index (χ2n) is 4.50. The number of hydrogen-bond donors (Lipinski definition) is 0. The van der Waals surface area contributed by atoms with Crippen molar-refractivity contribution in [2.24, 2.45) is 0 Å². The van der Waals surface area contributed by atoms with Crippen LogP contribution in [0.2, 0.25) is 0 Å². The van der Waals surface area contributed by atoms with Crippen molar-refractivity contribution < 1.29 is 0 Å². The average molecular weight is 274 g/mol. The quantitative estimate of drug-likeness (QED) is 0.538. The van der Waals surface area contributed by atoms with Crippen molar-refractivity contribution in [1.29, 1.82) is 0 Å². The summed E-state index contributed by atoms with van der Waals surface area (Å²) in [6.07, 6.45) is 1.14. The molecular weight excluding hydrogens is 240 g/mol. The standard InChI is InChI=1S/C9H12.C8H10.3CH4/c1-3-9-6-4-5-8(2)7-9;1-7-4-3-5-8(2)6-7;;;/h4-7H,3H2,1-2H3;3-6H,1-2H3;3*1H4. The molecule has 0 heteroatoms. The van der Waals surface area contributed by atoms with Gasteiger partial charge in [0.2, 0.25) is 0 Å². The third-order valence-corrected chi connectivity index (χ3v) is 2.66. The van der Waals surface area contributed by atoms with Gasteiger partial charge in [-0.25, -0.2) is 0 Å². The number of aryl methyl sites for hydroxylation is 4. The highest BCUT2D eigenvalue weighted by Gasteiger charge is 1.85. The molecule has 0 saturated heterocycles. The van der Waals surface area contributed by atoms with Crippen molar-refractivity contribution in [1.82, 2.24) is 0 Å². The van der Waals surface area contributed by atoms with Crippen LogP contribution in [0.1, 0.15) is 51.5 Å². The number of hydrogen-bond acceptors (Lipinski definition) is 0. The van der Waals surface area contributed by atoms with Crippen LogP contribution in [-0.2, 0) is 6.42 Å². The summed E-state index contributed by atoms with van der Waals surface area (Å²) >= 11 is 0. The summed E-state index contributed by atoms with van der Waals surface area (Å²) < 4.78 is 0. The van der Waals surface area contributed by atoms with Crippen molar-refractivity contribution in [3.05, 3.63) is 70.8 Å². The Bertz CT molecular complexity index is 438. The van der Waals surface area contributed by atoms with Gasteiger partial charge in [-0.1, -0.05) is 94.4 Å². The van der Waals surface area contributed by atoms with Crippen LogP contribution in [0.5, 0.6) is 0 Å². The van der Waals surface area contributed by atoms with Gasteiger partial charge in [-0.05, 0) is 32.8 Å². The van der Waals surface area contributed by atoms with Gasteiger partial charge in [0, 0.05) is 0 Å². The molecule has 20 heavy (non-hydrogen) atoms. The van der Waals surface area contributed by atoms with E-state index in [4.69, 9.17) is 0 Å². The van der Waals surface area contributed by atoms with Gasteiger partial charge in [0.1, 0.15) is 0 Å². The third-order valence-electron chi connectivity index (χ3n) is 2.66. The van der Waals surface area contributed by atoms with Crippen LogP contribution in [0.4, 0.5) is 0 Å². The molecule has 2 aromatic carbocycles. The summed E-state index contributed by atoms with van der Waals surface area (Å²) in [6.45, 7) is 8.51. The van der Waals surface area contributed by atoms with E-state index < -0.39 is 0 Å². The maximum atomic E-state index is 2.22. The molecule has 0 nitrogen and oxygen atoms in total. The molecule has 0 unspecified atom stereocenters. The molecule has 0 aliphatic rings. The van der Waals surface area contributed by atoms with Crippen LogP contribution in [0.25, 0.3) is 0 Å². The van der Waals surface area contributed by atoms with E-state index >= 15 is 0 Å². The maximum absolute atomic E-state index is 2.22. The Morgan fingerprint density at radius 3 is 1.30 bits per heavy atom. The van der Waals surface area contributed by atoms with Crippen molar-refractivity contribution in [3.8, 4) is 0 Å². The lowest BCUT2D eigenvalue weighted by molar-refractivity contribution is 1.13. The van der Waals surface area contributed by atoms with Crippen LogP contribution in [-0.4, -0.2) is 0 Å². The van der Waals surface area contributed by atoms with Crippen LogP contribution < -0.4 is 0 Å². The fourth-order valence-electron chi connectivity index (χ4n) is 1.74. The number of benzene rings is 2. The van der Waals surface area contributed by atoms with Crippen LogP contribution in [0.15, 0.2) is 48.5 Å². The molecule has 0 saturated carbocycles. The first-order chi connectivity index (χ1) is 8.11. The van der Waals surface area contributed by atoms with Crippen molar-refractivity contribution in [2.75, 3.05) is 0 Å². The van der Waals surface area contributed by atoms with Gasteiger partial charge in [0.15, 0.2) is 0 Å². The van der Waals surface area contributed by atoms with E-state index in [1.807, 2.05) is 0 Å². The van der Waals surface area contributed by atoms with Gasteiger partial charge >= 0.3 is 0 Å². The second-order valence-corrected chi connectivity index (χ2v) is 4.50. The predicted octanol–water partition coefficient (Wildman–Crippen LogP) is 6.77. The zero-order chi connectivity index (χ0) is 12.7.